The topological polar surface area (TPSA) is 216 Å². The lowest BCUT2D eigenvalue weighted by Crippen LogP contribution is -2.67. The standard InChI is InChI=1S/C42H68O13/c1-37(2)17-21-20-9-10-24-40(6)13-12-26(38(3,4)23(40)11-14-42(24,8)41(20,7)16-15-39(21,5)25(44)18-37)53-36-33(30(48)29(47)32(54-36)34(50)51)55-35-31(49)28(46)27(45)22(19-43)52-35/h9,21-33,35-36,43-49H,10-19H2,1-8H3,(H,50,51)/t21-,22+,23-,24+,25+,26-,27-,28-,29-,30-,31+,32-,33+,35-,36+,39+,40-,41+,42+/m0/s1. The first-order chi connectivity index (χ1) is 25.5. The van der Waals surface area contributed by atoms with Crippen molar-refractivity contribution in [1.29, 1.82) is 0 Å². The molecule has 13 nitrogen and oxygen atoms in total. The molecule has 2 aliphatic heterocycles. The average Bonchev–Trinajstić information content (AvgIpc) is 3.10. The molecular formula is C42H68O13. The maximum atomic E-state index is 12.2. The molecule has 0 aromatic carbocycles. The molecule has 314 valence electrons. The number of allylic oxidation sites excluding steroid dienone is 2. The van der Waals surface area contributed by atoms with E-state index in [1.165, 1.54) is 0 Å². The molecule has 0 aromatic heterocycles. The van der Waals surface area contributed by atoms with Gasteiger partial charge in [0.05, 0.1) is 18.8 Å². The number of carbonyl (C=O) groups is 1. The van der Waals surface area contributed by atoms with E-state index in [2.05, 4.69) is 61.5 Å². The first kappa shape index (κ1) is 41.9. The molecule has 0 radical (unpaired) electrons. The van der Waals surface area contributed by atoms with E-state index >= 15 is 0 Å². The van der Waals surface area contributed by atoms with E-state index in [0.29, 0.717) is 18.3 Å². The normalized spacial score (nSPS) is 54.5. The highest BCUT2D eigenvalue weighted by Crippen LogP contribution is 2.76. The fourth-order valence-corrected chi connectivity index (χ4v) is 13.7. The molecule has 0 bridgehead atoms. The van der Waals surface area contributed by atoms with E-state index in [4.69, 9.17) is 18.9 Å². The van der Waals surface area contributed by atoms with Crippen molar-refractivity contribution < 1.29 is 64.6 Å². The maximum absolute atomic E-state index is 12.2. The Morgan fingerprint density at radius 2 is 1.44 bits per heavy atom. The van der Waals surface area contributed by atoms with Crippen molar-refractivity contribution >= 4 is 5.97 Å². The van der Waals surface area contributed by atoms with Crippen molar-refractivity contribution in [2.75, 3.05) is 6.61 Å². The van der Waals surface area contributed by atoms with Gasteiger partial charge in [-0.1, -0.05) is 67.0 Å². The summed E-state index contributed by atoms with van der Waals surface area (Å²) in [6.07, 6.45) is -6.63. The summed E-state index contributed by atoms with van der Waals surface area (Å²) in [4.78, 5) is 12.2. The van der Waals surface area contributed by atoms with Crippen LogP contribution in [0.25, 0.3) is 0 Å². The fraction of sp³-hybridized carbons (Fsp3) is 0.929. The van der Waals surface area contributed by atoms with Crippen molar-refractivity contribution in [2.24, 2.45) is 50.2 Å². The third kappa shape index (κ3) is 6.23. The summed E-state index contributed by atoms with van der Waals surface area (Å²) >= 11 is 0. The molecule has 6 fully saturated rings. The van der Waals surface area contributed by atoms with Gasteiger partial charge in [0.25, 0.3) is 0 Å². The molecule has 0 aromatic rings. The van der Waals surface area contributed by atoms with Gasteiger partial charge in [-0.15, -0.1) is 0 Å². The van der Waals surface area contributed by atoms with Crippen molar-refractivity contribution in [1.82, 2.24) is 0 Å². The second-order valence-corrected chi connectivity index (χ2v) is 21.0. The van der Waals surface area contributed by atoms with Crippen LogP contribution >= 0.6 is 0 Å². The third-order valence-electron chi connectivity index (χ3n) is 17.3. The minimum atomic E-state index is -1.92. The highest BCUT2D eigenvalue weighted by molar-refractivity contribution is 5.73. The van der Waals surface area contributed by atoms with Gasteiger partial charge < -0.3 is 59.8 Å². The lowest BCUT2D eigenvalue weighted by Gasteiger charge is -2.71. The minimum Gasteiger partial charge on any atom is -0.479 e. The zero-order valence-corrected chi connectivity index (χ0v) is 33.9. The lowest BCUT2D eigenvalue weighted by atomic mass is 9.33. The number of carboxylic acids is 1. The van der Waals surface area contributed by atoms with E-state index in [1.807, 2.05) is 0 Å². The Hall–Kier alpha value is -1.23. The zero-order chi connectivity index (χ0) is 40.4. The number of hydrogen-bond donors (Lipinski definition) is 8. The number of aliphatic carboxylic acids is 1. The first-order valence-corrected chi connectivity index (χ1v) is 20.7. The van der Waals surface area contributed by atoms with E-state index < -0.39 is 85.5 Å². The number of fused-ring (bicyclic) bond motifs is 7. The molecule has 7 rings (SSSR count). The summed E-state index contributed by atoms with van der Waals surface area (Å²) in [6.45, 7) is 18.1. The average molecular weight is 781 g/mol. The van der Waals surface area contributed by atoms with Crippen LogP contribution in [-0.4, -0.2) is 127 Å². The maximum Gasteiger partial charge on any atom is 0.335 e. The van der Waals surface area contributed by atoms with Gasteiger partial charge in [0.1, 0.15) is 42.7 Å². The molecule has 0 spiro atoms. The highest BCUT2D eigenvalue weighted by Gasteiger charge is 2.69. The number of hydrogen-bond acceptors (Lipinski definition) is 12. The molecule has 2 heterocycles. The quantitative estimate of drug-likeness (QED) is 0.144. The Morgan fingerprint density at radius 3 is 2.09 bits per heavy atom. The van der Waals surface area contributed by atoms with Gasteiger partial charge in [-0.2, -0.15) is 0 Å². The van der Waals surface area contributed by atoms with E-state index in [-0.39, 0.29) is 39.1 Å². The summed E-state index contributed by atoms with van der Waals surface area (Å²) in [5.41, 5.74) is 1.09. The van der Waals surface area contributed by atoms with Crippen LogP contribution in [0.4, 0.5) is 0 Å². The summed E-state index contributed by atoms with van der Waals surface area (Å²) < 4.78 is 24.0. The van der Waals surface area contributed by atoms with Crippen molar-refractivity contribution in [3.8, 4) is 0 Å². The van der Waals surface area contributed by atoms with Crippen molar-refractivity contribution in [2.45, 2.75) is 187 Å². The van der Waals surface area contributed by atoms with Crippen LogP contribution < -0.4 is 0 Å². The smallest absolute Gasteiger partial charge is 0.335 e. The molecule has 13 heteroatoms. The molecule has 55 heavy (non-hydrogen) atoms. The first-order valence-electron chi connectivity index (χ1n) is 20.7. The Labute approximate surface area is 325 Å². The van der Waals surface area contributed by atoms with Gasteiger partial charge in [0.15, 0.2) is 18.7 Å². The lowest BCUT2D eigenvalue weighted by molar-refractivity contribution is -0.374. The van der Waals surface area contributed by atoms with E-state index in [1.54, 1.807) is 5.57 Å². The molecule has 2 saturated heterocycles. The monoisotopic (exact) mass is 780 g/mol. The van der Waals surface area contributed by atoms with Crippen LogP contribution in [0.3, 0.4) is 0 Å². The zero-order valence-electron chi connectivity index (χ0n) is 33.9. The second-order valence-electron chi connectivity index (χ2n) is 21.0. The van der Waals surface area contributed by atoms with Crippen LogP contribution in [0, 0.1) is 50.2 Å². The molecule has 5 aliphatic carbocycles. The molecule has 0 amide bonds. The molecule has 7 aliphatic rings. The van der Waals surface area contributed by atoms with E-state index in [0.717, 1.165) is 51.4 Å². The van der Waals surface area contributed by atoms with Gasteiger partial charge in [0.2, 0.25) is 0 Å². The van der Waals surface area contributed by atoms with Gasteiger partial charge >= 0.3 is 5.97 Å². The Morgan fingerprint density at radius 1 is 0.745 bits per heavy atom. The van der Waals surface area contributed by atoms with Gasteiger partial charge in [0, 0.05) is 5.41 Å². The van der Waals surface area contributed by atoms with E-state index in [9.17, 15) is 45.6 Å². The summed E-state index contributed by atoms with van der Waals surface area (Å²) in [5.74, 6) is -0.522. The minimum absolute atomic E-state index is 0.00638. The Balaban J connectivity index is 1.15. The predicted octanol–water partition coefficient (Wildman–Crippen LogP) is 2.88. The van der Waals surface area contributed by atoms with Crippen molar-refractivity contribution in [3.05, 3.63) is 11.6 Å². The largest absolute Gasteiger partial charge is 0.479 e. The number of carboxylic acid groups (broad SMARTS) is 1. The third-order valence-corrected chi connectivity index (χ3v) is 17.3. The molecule has 0 unspecified atom stereocenters. The summed E-state index contributed by atoms with van der Waals surface area (Å²) in [5, 5.41) is 84.6. The summed E-state index contributed by atoms with van der Waals surface area (Å²) in [6, 6.07) is 0. The SMILES string of the molecule is CC1(C)C[C@@H](O)[C@]2(C)CC[C@]3(C)C(=CC[C@@H]4[C@@]5(C)CC[C@H](O[C@@H]6O[C@H](C(=O)O)[C@@H](O)[C@H](O)[C@H]6O[C@@H]6O[C@H](CO)[C@H](O)[C@H](O)[C@H]6O)C(C)(C)[C@@H]5CC[C@]43C)[C@@H]2C1. The molecular weight excluding hydrogens is 712 g/mol. The van der Waals surface area contributed by atoms with Gasteiger partial charge in [-0.3, -0.25) is 0 Å². The highest BCUT2D eigenvalue weighted by atomic mass is 16.8. The van der Waals surface area contributed by atoms with Crippen LogP contribution in [0.1, 0.15) is 113 Å². The molecule has 19 atom stereocenters. The summed E-state index contributed by atoms with van der Waals surface area (Å²) in [7, 11) is 0. The van der Waals surface area contributed by atoms with Crippen LogP contribution in [0.2, 0.25) is 0 Å². The van der Waals surface area contributed by atoms with Crippen molar-refractivity contribution in [3.63, 3.8) is 0 Å². The number of aliphatic hydroxyl groups excluding tert-OH is 7. The molecule has 8 N–H and O–H groups in total. The van der Waals surface area contributed by atoms with Crippen LogP contribution in [0.15, 0.2) is 11.6 Å². The van der Waals surface area contributed by atoms with Gasteiger partial charge in [-0.25, -0.2) is 4.79 Å². The number of rotatable bonds is 6. The second kappa shape index (κ2) is 13.9. The van der Waals surface area contributed by atoms with Crippen LogP contribution in [-0.2, 0) is 23.7 Å². The Kier molecular flexibility index (Phi) is 10.6. The van der Waals surface area contributed by atoms with Gasteiger partial charge in [-0.05, 0) is 103 Å². The number of aliphatic hydroxyl groups is 7. The molecule has 4 saturated carbocycles. The predicted molar refractivity (Wildman–Crippen MR) is 198 cm³/mol. The number of ether oxygens (including phenoxy) is 4. The van der Waals surface area contributed by atoms with Crippen LogP contribution in [0.5, 0.6) is 0 Å². The Bertz CT molecular complexity index is 1500. The fourth-order valence-electron chi connectivity index (χ4n) is 13.7.